The maximum atomic E-state index is 6.53. The number of piperidine rings is 1. The van der Waals surface area contributed by atoms with Gasteiger partial charge in [-0.1, -0.05) is 44.0 Å². The molecule has 0 aliphatic carbocycles. The zero-order chi connectivity index (χ0) is 12.8. The SMILES string of the molecule is CCCc1ccc(C(Cl)CN2CCCCC2)cc1. The van der Waals surface area contributed by atoms with Gasteiger partial charge in [-0.25, -0.2) is 0 Å². The van der Waals surface area contributed by atoms with E-state index in [1.165, 1.54) is 56.3 Å². The van der Waals surface area contributed by atoms with Gasteiger partial charge in [-0.3, -0.25) is 0 Å². The van der Waals surface area contributed by atoms with Gasteiger partial charge in [0.15, 0.2) is 0 Å². The Kier molecular flexibility index (Phi) is 5.52. The molecule has 2 heteroatoms. The monoisotopic (exact) mass is 265 g/mol. The summed E-state index contributed by atoms with van der Waals surface area (Å²) in [6, 6.07) is 8.86. The molecule has 1 aromatic rings. The highest BCUT2D eigenvalue weighted by atomic mass is 35.5. The van der Waals surface area contributed by atoms with E-state index in [4.69, 9.17) is 11.6 Å². The number of aryl methyl sites for hydroxylation is 1. The standard InChI is InChI=1S/C16H24ClN/c1-2-6-14-7-9-15(10-8-14)16(17)13-18-11-4-3-5-12-18/h7-10,16H,2-6,11-13H2,1H3. The largest absolute Gasteiger partial charge is 0.302 e. The molecule has 1 atom stereocenters. The third-order valence-corrected chi connectivity index (χ3v) is 4.14. The lowest BCUT2D eigenvalue weighted by atomic mass is 10.0. The quantitative estimate of drug-likeness (QED) is 0.713. The van der Waals surface area contributed by atoms with Crippen molar-refractivity contribution in [1.82, 2.24) is 4.90 Å². The van der Waals surface area contributed by atoms with E-state index in [2.05, 4.69) is 36.1 Å². The number of rotatable bonds is 5. The van der Waals surface area contributed by atoms with E-state index in [1.54, 1.807) is 0 Å². The van der Waals surface area contributed by atoms with E-state index in [0.29, 0.717) is 0 Å². The zero-order valence-corrected chi connectivity index (χ0v) is 12.1. The third kappa shape index (κ3) is 4.00. The topological polar surface area (TPSA) is 3.24 Å². The van der Waals surface area contributed by atoms with Crippen LogP contribution in [-0.2, 0) is 6.42 Å². The molecule has 100 valence electrons. The molecule has 2 rings (SSSR count). The van der Waals surface area contributed by atoms with Crippen LogP contribution in [0.25, 0.3) is 0 Å². The molecule has 0 aromatic heterocycles. The van der Waals surface area contributed by atoms with Gasteiger partial charge in [0.1, 0.15) is 0 Å². The lowest BCUT2D eigenvalue weighted by molar-refractivity contribution is 0.229. The highest BCUT2D eigenvalue weighted by molar-refractivity contribution is 6.21. The van der Waals surface area contributed by atoms with Gasteiger partial charge < -0.3 is 4.90 Å². The van der Waals surface area contributed by atoms with Crippen LogP contribution in [0.15, 0.2) is 24.3 Å². The normalized spacial score (nSPS) is 18.8. The Morgan fingerprint density at radius 1 is 1.11 bits per heavy atom. The second-order valence-electron chi connectivity index (χ2n) is 5.32. The fraction of sp³-hybridized carbons (Fsp3) is 0.625. The molecule has 1 aliphatic heterocycles. The summed E-state index contributed by atoms with van der Waals surface area (Å²) < 4.78 is 0. The lowest BCUT2D eigenvalue weighted by Crippen LogP contribution is -2.32. The van der Waals surface area contributed by atoms with E-state index in [0.717, 1.165) is 6.54 Å². The molecule has 0 spiro atoms. The summed E-state index contributed by atoms with van der Waals surface area (Å²) in [4.78, 5) is 2.50. The van der Waals surface area contributed by atoms with Crippen molar-refractivity contribution >= 4 is 11.6 Å². The molecule has 1 nitrogen and oxygen atoms in total. The number of hydrogen-bond donors (Lipinski definition) is 0. The molecule has 0 radical (unpaired) electrons. The summed E-state index contributed by atoms with van der Waals surface area (Å²) in [5.74, 6) is 0. The van der Waals surface area contributed by atoms with Crippen LogP contribution in [-0.4, -0.2) is 24.5 Å². The molecule has 0 amide bonds. The summed E-state index contributed by atoms with van der Waals surface area (Å²) >= 11 is 6.53. The number of likely N-dealkylation sites (tertiary alicyclic amines) is 1. The first-order valence-electron chi connectivity index (χ1n) is 7.25. The molecule has 18 heavy (non-hydrogen) atoms. The summed E-state index contributed by atoms with van der Waals surface area (Å²) in [5.41, 5.74) is 2.69. The first kappa shape index (κ1) is 13.9. The van der Waals surface area contributed by atoms with Gasteiger partial charge in [-0.15, -0.1) is 11.6 Å². The van der Waals surface area contributed by atoms with Crippen molar-refractivity contribution in [2.75, 3.05) is 19.6 Å². The van der Waals surface area contributed by atoms with Gasteiger partial charge in [-0.2, -0.15) is 0 Å². The number of halogens is 1. The number of benzene rings is 1. The van der Waals surface area contributed by atoms with Gasteiger partial charge in [0.05, 0.1) is 5.38 Å². The molecule has 0 saturated carbocycles. The predicted octanol–water partition coefficient (Wildman–Crippen LogP) is 4.40. The molecular formula is C16H24ClN. The van der Waals surface area contributed by atoms with Gasteiger partial charge in [0.25, 0.3) is 0 Å². The second kappa shape index (κ2) is 7.16. The number of nitrogens with zero attached hydrogens (tertiary/aromatic N) is 1. The summed E-state index contributed by atoms with van der Waals surface area (Å²) in [5, 5.41) is 0.138. The van der Waals surface area contributed by atoms with Crippen molar-refractivity contribution in [3.05, 3.63) is 35.4 Å². The molecule has 0 N–H and O–H groups in total. The molecule has 0 bridgehead atoms. The zero-order valence-electron chi connectivity index (χ0n) is 11.4. The van der Waals surface area contributed by atoms with Crippen LogP contribution >= 0.6 is 11.6 Å². The van der Waals surface area contributed by atoms with E-state index in [1.807, 2.05) is 0 Å². The minimum Gasteiger partial charge on any atom is -0.302 e. The van der Waals surface area contributed by atoms with Crippen molar-refractivity contribution < 1.29 is 0 Å². The number of alkyl halides is 1. The number of hydrogen-bond acceptors (Lipinski definition) is 1. The average molecular weight is 266 g/mol. The third-order valence-electron chi connectivity index (χ3n) is 3.75. The Morgan fingerprint density at radius 3 is 2.39 bits per heavy atom. The molecule has 1 aliphatic rings. The maximum absolute atomic E-state index is 6.53. The molecule has 1 aromatic carbocycles. The van der Waals surface area contributed by atoms with Crippen LogP contribution in [0.2, 0.25) is 0 Å². The molecule has 1 heterocycles. The molecule has 1 saturated heterocycles. The summed E-state index contributed by atoms with van der Waals surface area (Å²) in [6.07, 6.45) is 6.42. The van der Waals surface area contributed by atoms with Crippen molar-refractivity contribution in [1.29, 1.82) is 0 Å². The maximum Gasteiger partial charge on any atom is 0.0712 e. The Bertz CT molecular complexity index is 341. The Balaban J connectivity index is 1.89. The molecule has 1 unspecified atom stereocenters. The fourth-order valence-electron chi connectivity index (χ4n) is 2.66. The van der Waals surface area contributed by atoms with Crippen LogP contribution in [0.4, 0.5) is 0 Å². The Labute approximate surface area is 116 Å². The molecule has 1 fully saturated rings. The van der Waals surface area contributed by atoms with E-state index >= 15 is 0 Å². The highest BCUT2D eigenvalue weighted by Crippen LogP contribution is 2.23. The van der Waals surface area contributed by atoms with Crippen LogP contribution < -0.4 is 0 Å². The minimum absolute atomic E-state index is 0.138. The molecular weight excluding hydrogens is 242 g/mol. The van der Waals surface area contributed by atoms with Crippen molar-refractivity contribution in [3.63, 3.8) is 0 Å². The summed E-state index contributed by atoms with van der Waals surface area (Å²) in [6.45, 7) is 5.65. The fourth-order valence-corrected chi connectivity index (χ4v) is 3.00. The van der Waals surface area contributed by atoms with Gasteiger partial charge in [0.2, 0.25) is 0 Å². The highest BCUT2D eigenvalue weighted by Gasteiger charge is 2.15. The van der Waals surface area contributed by atoms with Gasteiger partial charge in [0, 0.05) is 6.54 Å². The predicted molar refractivity (Wildman–Crippen MR) is 79.3 cm³/mol. The van der Waals surface area contributed by atoms with Crippen molar-refractivity contribution in [2.45, 2.75) is 44.4 Å². The van der Waals surface area contributed by atoms with Crippen LogP contribution in [0.5, 0.6) is 0 Å². The smallest absolute Gasteiger partial charge is 0.0712 e. The lowest BCUT2D eigenvalue weighted by Gasteiger charge is -2.28. The van der Waals surface area contributed by atoms with Crippen LogP contribution in [0.1, 0.15) is 49.1 Å². The first-order chi connectivity index (χ1) is 8.79. The van der Waals surface area contributed by atoms with E-state index in [-0.39, 0.29) is 5.38 Å². The summed E-state index contributed by atoms with van der Waals surface area (Å²) in [7, 11) is 0. The van der Waals surface area contributed by atoms with E-state index in [9.17, 15) is 0 Å². The van der Waals surface area contributed by atoms with Crippen molar-refractivity contribution in [3.8, 4) is 0 Å². The Morgan fingerprint density at radius 2 is 1.78 bits per heavy atom. The van der Waals surface area contributed by atoms with Gasteiger partial charge in [-0.05, 0) is 43.5 Å². The van der Waals surface area contributed by atoms with Crippen LogP contribution in [0.3, 0.4) is 0 Å². The Hall–Kier alpha value is -0.530. The van der Waals surface area contributed by atoms with Gasteiger partial charge >= 0.3 is 0 Å². The average Bonchev–Trinajstić information content (AvgIpc) is 2.41. The minimum atomic E-state index is 0.138. The van der Waals surface area contributed by atoms with E-state index < -0.39 is 0 Å². The second-order valence-corrected chi connectivity index (χ2v) is 5.85. The van der Waals surface area contributed by atoms with Crippen molar-refractivity contribution in [2.24, 2.45) is 0 Å². The van der Waals surface area contributed by atoms with Crippen LogP contribution in [0, 0.1) is 0 Å². The first-order valence-corrected chi connectivity index (χ1v) is 7.68.